The second-order valence-corrected chi connectivity index (χ2v) is 5.61. The minimum Gasteiger partial charge on any atom is -0.491 e. The van der Waals surface area contributed by atoms with Crippen molar-refractivity contribution in [1.82, 2.24) is 5.32 Å². The van der Waals surface area contributed by atoms with Crippen molar-refractivity contribution >= 4 is 11.7 Å². The van der Waals surface area contributed by atoms with Gasteiger partial charge < -0.3 is 15.4 Å². The number of rotatable bonds is 6. The Labute approximate surface area is 142 Å². The van der Waals surface area contributed by atoms with Gasteiger partial charge in [0.15, 0.2) is 0 Å². The number of urea groups is 1. The van der Waals surface area contributed by atoms with Crippen LogP contribution in [-0.4, -0.2) is 19.2 Å². The van der Waals surface area contributed by atoms with Crippen LogP contribution in [-0.2, 0) is 0 Å². The smallest absolute Gasteiger partial charge is 0.319 e. The highest BCUT2D eigenvalue weighted by atomic mass is 16.5. The van der Waals surface area contributed by atoms with Crippen LogP contribution in [0.2, 0.25) is 0 Å². The fourth-order valence-electron chi connectivity index (χ4n) is 2.26. The van der Waals surface area contributed by atoms with E-state index < -0.39 is 0 Å². The summed E-state index contributed by atoms with van der Waals surface area (Å²) >= 11 is 0. The van der Waals surface area contributed by atoms with Crippen molar-refractivity contribution in [2.24, 2.45) is 0 Å². The first-order valence-corrected chi connectivity index (χ1v) is 7.87. The minimum absolute atomic E-state index is 0.328. The molecule has 5 heteroatoms. The number of amides is 2. The van der Waals surface area contributed by atoms with Crippen molar-refractivity contribution in [1.29, 1.82) is 5.26 Å². The van der Waals surface area contributed by atoms with E-state index in [0.717, 1.165) is 11.3 Å². The first-order valence-electron chi connectivity index (χ1n) is 7.87. The molecule has 0 aliphatic carbocycles. The molecule has 0 bridgehead atoms. The quantitative estimate of drug-likeness (QED) is 0.792. The lowest BCUT2D eigenvalue weighted by Gasteiger charge is -2.14. The molecule has 0 heterocycles. The number of anilines is 1. The summed E-state index contributed by atoms with van der Waals surface area (Å²) in [5, 5.41) is 14.3. The van der Waals surface area contributed by atoms with Gasteiger partial charge in [-0.25, -0.2) is 4.79 Å². The fraction of sp³-hybridized carbons (Fsp3) is 0.263. The van der Waals surface area contributed by atoms with Gasteiger partial charge in [-0.1, -0.05) is 38.1 Å². The van der Waals surface area contributed by atoms with Crippen LogP contribution in [0.1, 0.15) is 30.9 Å². The Kier molecular flexibility index (Phi) is 6.21. The molecule has 0 aliphatic heterocycles. The molecule has 0 saturated heterocycles. The summed E-state index contributed by atoms with van der Waals surface area (Å²) in [4.78, 5) is 11.8. The highest BCUT2D eigenvalue weighted by molar-refractivity contribution is 5.89. The highest BCUT2D eigenvalue weighted by Crippen LogP contribution is 2.25. The van der Waals surface area contributed by atoms with Crippen molar-refractivity contribution in [2.45, 2.75) is 19.8 Å². The van der Waals surface area contributed by atoms with Crippen molar-refractivity contribution in [2.75, 3.05) is 18.5 Å². The van der Waals surface area contributed by atoms with E-state index in [4.69, 9.17) is 10.00 Å². The van der Waals surface area contributed by atoms with Gasteiger partial charge in [0, 0.05) is 5.69 Å². The monoisotopic (exact) mass is 323 g/mol. The summed E-state index contributed by atoms with van der Waals surface area (Å²) in [5.41, 5.74) is 2.23. The minimum atomic E-state index is -0.328. The number of nitriles is 1. The molecule has 0 aliphatic rings. The molecule has 0 spiro atoms. The lowest BCUT2D eigenvalue weighted by Crippen LogP contribution is -2.32. The zero-order chi connectivity index (χ0) is 17.4. The maximum atomic E-state index is 11.8. The topological polar surface area (TPSA) is 74.2 Å². The molecule has 0 radical (unpaired) electrons. The predicted octanol–water partition coefficient (Wildman–Crippen LogP) is 3.88. The molecule has 24 heavy (non-hydrogen) atoms. The van der Waals surface area contributed by atoms with Gasteiger partial charge in [-0.3, -0.25) is 0 Å². The molecule has 2 rings (SSSR count). The summed E-state index contributed by atoms with van der Waals surface area (Å²) in [6, 6.07) is 16.4. The normalized spacial score (nSPS) is 10.1. The van der Waals surface area contributed by atoms with E-state index >= 15 is 0 Å². The highest BCUT2D eigenvalue weighted by Gasteiger charge is 2.07. The van der Waals surface area contributed by atoms with E-state index in [9.17, 15) is 4.79 Å². The Bertz CT molecular complexity index is 735. The van der Waals surface area contributed by atoms with Gasteiger partial charge in [-0.2, -0.15) is 5.26 Å². The van der Waals surface area contributed by atoms with Crippen molar-refractivity contribution in [3.63, 3.8) is 0 Å². The van der Waals surface area contributed by atoms with Gasteiger partial charge in [0.05, 0.1) is 18.2 Å². The third-order valence-electron chi connectivity index (χ3n) is 3.44. The maximum Gasteiger partial charge on any atom is 0.319 e. The van der Waals surface area contributed by atoms with E-state index in [1.54, 1.807) is 24.3 Å². The lowest BCUT2D eigenvalue weighted by atomic mass is 10.0. The Morgan fingerprint density at radius 1 is 1.21 bits per heavy atom. The van der Waals surface area contributed by atoms with Gasteiger partial charge in [0.2, 0.25) is 0 Å². The molecule has 2 amide bonds. The first-order chi connectivity index (χ1) is 11.6. The summed E-state index contributed by atoms with van der Waals surface area (Å²) in [6.45, 7) is 5.00. The van der Waals surface area contributed by atoms with Crippen LogP contribution in [0.25, 0.3) is 0 Å². The van der Waals surface area contributed by atoms with Crippen LogP contribution in [0.15, 0.2) is 48.5 Å². The molecule has 2 aromatic carbocycles. The largest absolute Gasteiger partial charge is 0.491 e. The van der Waals surface area contributed by atoms with E-state index in [-0.39, 0.29) is 6.03 Å². The molecule has 0 fully saturated rings. The number of ether oxygens (including phenoxy) is 1. The number of hydrogen-bond donors (Lipinski definition) is 2. The second-order valence-electron chi connectivity index (χ2n) is 5.61. The average molecular weight is 323 g/mol. The van der Waals surface area contributed by atoms with Crippen LogP contribution in [0.3, 0.4) is 0 Å². The number of hydrogen-bond acceptors (Lipinski definition) is 3. The number of para-hydroxylation sites is 1. The molecule has 2 N–H and O–H groups in total. The summed E-state index contributed by atoms with van der Waals surface area (Å²) in [7, 11) is 0. The summed E-state index contributed by atoms with van der Waals surface area (Å²) in [6.07, 6.45) is 0. The van der Waals surface area contributed by atoms with Gasteiger partial charge in [0.1, 0.15) is 12.4 Å². The molecule has 2 aromatic rings. The SMILES string of the molecule is CC(C)c1ccccc1OCCNC(=O)Nc1cccc(C#N)c1. The first kappa shape index (κ1) is 17.4. The summed E-state index contributed by atoms with van der Waals surface area (Å²) < 4.78 is 5.75. The third-order valence-corrected chi connectivity index (χ3v) is 3.44. The Balaban J connectivity index is 1.78. The number of carbonyl (C=O) groups excluding carboxylic acids is 1. The van der Waals surface area contributed by atoms with Crippen LogP contribution in [0.5, 0.6) is 5.75 Å². The summed E-state index contributed by atoms with van der Waals surface area (Å²) in [5.74, 6) is 1.22. The third kappa shape index (κ3) is 5.03. The van der Waals surface area contributed by atoms with Gasteiger partial charge in [-0.05, 0) is 35.7 Å². The number of carbonyl (C=O) groups is 1. The number of nitrogens with one attached hydrogen (secondary N) is 2. The maximum absolute atomic E-state index is 11.8. The van der Waals surface area contributed by atoms with Gasteiger partial charge >= 0.3 is 6.03 Å². The molecular weight excluding hydrogens is 302 g/mol. The molecule has 5 nitrogen and oxygen atoms in total. The molecule has 0 aromatic heterocycles. The Morgan fingerprint density at radius 2 is 2.00 bits per heavy atom. The van der Waals surface area contributed by atoms with E-state index in [0.29, 0.717) is 30.3 Å². The van der Waals surface area contributed by atoms with Gasteiger partial charge in [0.25, 0.3) is 0 Å². The van der Waals surface area contributed by atoms with Crippen LogP contribution >= 0.6 is 0 Å². The molecule has 0 saturated carbocycles. The van der Waals surface area contributed by atoms with Crippen molar-refractivity contribution < 1.29 is 9.53 Å². The molecule has 0 atom stereocenters. The Morgan fingerprint density at radius 3 is 2.75 bits per heavy atom. The predicted molar refractivity (Wildman–Crippen MR) is 94.2 cm³/mol. The standard InChI is InChI=1S/C19H21N3O2/c1-14(2)17-8-3-4-9-18(17)24-11-10-21-19(23)22-16-7-5-6-15(12-16)13-20/h3-9,12,14H,10-11H2,1-2H3,(H2,21,22,23). The average Bonchev–Trinajstić information content (AvgIpc) is 2.59. The van der Waals surface area contributed by atoms with Crippen molar-refractivity contribution in [3.8, 4) is 11.8 Å². The van der Waals surface area contributed by atoms with E-state index in [1.165, 1.54) is 0 Å². The molecule has 0 unspecified atom stereocenters. The number of nitrogens with zero attached hydrogens (tertiary/aromatic N) is 1. The lowest BCUT2D eigenvalue weighted by molar-refractivity contribution is 0.247. The molecular formula is C19H21N3O2. The zero-order valence-corrected chi connectivity index (χ0v) is 13.9. The fourth-order valence-corrected chi connectivity index (χ4v) is 2.26. The Hall–Kier alpha value is -3.00. The second kappa shape index (κ2) is 8.59. The van der Waals surface area contributed by atoms with Crippen molar-refractivity contribution in [3.05, 3.63) is 59.7 Å². The zero-order valence-electron chi connectivity index (χ0n) is 13.9. The molecule has 124 valence electrons. The van der Waals surface area contributed by atoms with Crippen LogP contribution < -0.4 is 15.4 Å². The number of benzene rings is 2. The van der Waals surface area contributed by atoms with Crippen LogP contribution in [0.4, 0.5) is 10.5 Å². The van der Waals surface area contributed by atoms with E-state index in [1.807, 2.05) is 30.3 Å². The van der Waals surface area contributed by atoms with Gasteiger partial charge in [-0.15, -0.1) is 0 Å². The van der Waals surface area contributed by atoms with Crippen LogP contribution in [0, 0.1) is 11.3 Å². The van der Waals surface area contributed by atoms with E-state index in [2.05, 4.69) is 24.5 Å².